The van der Waals surface area contributed by atoms with Crippen molar-refractivity contribution in [3.63, 3.8) is 0 Å². The summed E-state index contributed by atoms with van der Waals surface area (Å²) >= 11 is 0. The summed E-state index contributed by atoms with van der Waals surface area (Å²) in [6.07, 6.45) is 4.44. The zero-order valence-corrected chi connectivity index (χ0v) is 12.8. The van der Waals surface area contributed by atoms with E-state index < -0.39 is 0 Å². The molecule has 1 fully saturated rings. The molecule has 1 heterocycles. The van der Waals surface area contributed by atoms with Gasteiger partial charge in [0.25, 0.3) is 0 Å². The summed E-state index contributed by atoms with van der Waals surface area (Å²) in [7, 11) is 0. The Kier molecular flexibility index (Phi) is 3.81. The van der Waals surface area contributed by atoms with Gasteiger partial charge in [-0.1, -0.05) is 35.8 Å². The van der Waals surface area contributed by atoms with E-state index in [1.165, 1.54) is 18.4 Å². The van der Waals surface area contributed by atoms with Gasteiger partial charge in [0.1, 0.15) is 0 Å². The molecule has 0 radical (unpaired) electrons. The van der Waals surface area contributed by atoms with Crippen molar-refractivity contribution in [2.24, 2.45) is 11.7 Å². The Bertz CT molecular complexity index is 612. The number of rotatable bonds is 3. The average Bonchev–Trinajstić information content (AvgIpc) is 2.99. The van der Waals surface area contributed by atoms with Crippen LogP contribution in [0.5, 0.6) is 0 Å². The molecule has 4 nitrogen and oxygen atoms in total. The molecule has 0 unspecified atom stereocenters. The van der Waals surface area contributed by atoms with E-state index in [0.29, 0.717) is 18.3 Å². The van der Waals surface area contributed by atoms with Gasteiger partial charge in [0.2, 0.25) is 11.7 Å². The van der Waals surface area contributed by atoms with E-state index in [9.17, 15) is 0 Å². The molecule has 0 saturated heterocycles. The van der Waals surface area contributed by atoms with Crippen LogP contribution in [0.3, 0.4) is 0 Å². The molecule has 21 heavy (non-hydrogen) atoms. The number of nitrogens with zero attached hydrogens (tertiary/aromatic N) is 2. The molecule has 3 rings (SSSR count). The zero-order valence-electron chi connectivity index (χ0n) is 12.8. The smallest absolute Gasteiger partial charge is 0.234 e. The highest BCUT2D eigenvalue weighted by Crippen LogP contribution is 2.40. The third-order valence-electron chi connectivity index (χ3n) is 4.78. The minimum absolute atomic E-state index is 0.123. The van der Waals surface area contributed by atoms with Crippen LogP contribution in [0.1, 0.15) is 44.1 Å². The number of benzene rings is 1. The van der Waals surface area contributed by atoms with E-state index in [4.69, 9.17) is 10.3 Å². The van der Waals surface area contributed by atoms with Gasteiger partial charge in [-0.3, -0.25) is 0 Å². The van der Waals surface area contributed by atoms with E-state index >= 15 is 0 Å². The molecule has 0 spiro atoms. The van der Waals surface area contributed by atoms with Crippen molar-refractivity contribution in [3.05, 3.63) is 35.7 Å². The lowest BCUT2D eigenvalue weighted by Crippen LogP contribution is -2.39. The van der Waals surface area contributed by atoms with Crippen LogP contribution in [0.15, 0.2) is 28.8 Å². The van der Waals surface area contributed by atoms with Gasteiger partial charge in [-0.25, -0.2) is 0 Å². The number of hydrogen-bond acceptors (Lipinski definition) is 4. The molecule has 112 valence electrons. The van der Waals surface area contributed by atoms with Crippen LogP contribution in [0, 0.1) is 12.8 Å². The Hall–Kier alpha value is -1.68. The quantitative estimate of drug-likeness (QED) is 0.938. The molecule has 1 saturated carbocycles. The lowest BCUT2D eigenvalue weighted by atomic mass is 9.71. The largest absolute Gasteiger partial charge is 0.338 e. The second kappa shape index (κ2) is 5.60. The predicted octanol–water partition coefficient (Wildman–Crippen LogP) is 3.45. The molecule has 4 heteroatoms. The molecule has 0 aliphatic heterocycles. The van der Waals surface area contributed by atoms with Gasteiger partial charge < -0.3 is 10.3 Å². The van der Waals surface area contributed by atoms with Crippen LogP contribution >= 0.6 is 0 Å². The van der Waals surface area contributed by atoms with Crippen LogP contribution in [0.2, 0.25) is 0 Å². The summed E-state index contributed by atoms with van der Waals surface area (Å²) in [6, 6.07) is 8.17. The molecule has 2 N–H and O–H groups in total. The van der Waals surface area contributed by atoms with Crippen LogP contribution in [0.25, 0.3) is 11.4 Å². The van der Waals surface area contributed by atoms with Crippen molar-refractivity contribution in [3.8, 4) is 11.4 Å². The summed E-state index contributed by atoms with van der Waals surface area (Å²) in [4.78, 5) is 4.66. The maximum absolute atomic E-state index is 6.06. The van der Waals surface area contributed by atoms with Crippen molar-refractivity contribution in [1.82, 2.24) is 10.1 Å². The summed E-state index contributed by atoms with van der Waals surface area (Å²) in [5.41, 5.74) is 8.13. The molecular weight excluding hydrogens is 262 g/mol. The minimum atomic E-state index is -0.123. The van der Waals surface area contributed by atoms with Gasteiger partial charge in [0, 0.05) is 12.1 Å². The normalized spacial score (nSPS) is 26.0. The van der Waals surface area contributed by atoms with Gasteiger partial charge in [-0.05, 0) is 44.6 Å². The van der Waals surface area contributed by atoms with Gasteiger partial charge in [0.15, 0.2) is 0 Å². The second-order valence-corrected chi connectivity index (χ2v) is 6.46. The maximum atomic E-state index is 6.06. The molecule has 1 aliphatic carbocycles. The first-order valence-corrected chi connectivity index (χ1v) is 7.74. The van der Waals surface area contributed by atoms with Gasteiger partial charge in [0.05, 0.1) is 5.41 Å². The van der Waals surface area contributed by atoms with Gasteiger partial charge >= 0.3 is 0 Å². The summed E-state index contributed by atoms with van der Waals surface area (Å²) in [6.45, 7) is 4.94. The van der Waals surface area contributed by atoms with E-state index in [2.05, 4.69) is 36.1 Å². The van der Waals surface area contributed by atoms with Crippen LogP contribution in [0.4, 0.5) is 0 Å². The zero-order chi connectivity index (χ0) is 14.9. The molecule has 0 atom stereocenters. The molecule has 1 aromatic carbocycles. The first-order valence-electron chi connectivity index (χ1n) is 7.74. The Labute approximate surface area is 125 Å². The molecule has 1 aromatic heterocycles. The maximum Gasteiger partial charge on any atom is 0.234 e. The Morgan fingerprint density at radius 2 is 2.10 bits per heavy atom. The molecule has 0 amide bonds. The average molecular weight is 285 g/mol. The number of hydrogen-bond donors (Lipinski definition) is 1. The van der Waals surface area contributed by atoms with E-state index in [1.807, 2.05) is 12.1 Å². The molecule has 1 aliphatic rings. The number of aryl methyl sites for hydroxylation is 1. The summed E-state index contributed by atoms with van der Waals surface area (Å²) in [5, 5.41) is 4.17. The van der Waals surface area contributed by atoms with E-state index in [-0.39, 0.29) is 5.41 Å². The number of aromatic nitrogens is 2. The fourth-order valence-electron chi connectivity index (χ4n) is 3.16. The van der Waals surface area contributed by atoms with E-state index in [0.717, 1.165) is 24.3 Å². The molecule has 0 bridgehead atoms. The summed E-state index contributed by atoms with van der Waals surface area (Å²) < 4.78 is 5.59. The topological polar surface area (TPSA) is 64.9 Å². The second-order valence-electron chi connectivity index (χ2n) is 6.46. The monoisotopic (exact) mass is 285 g/mol. The van der Waals surface area contributed by atoms with Gasteiger partial charge in [-0.2, -0.15) is 4.98 Å². The first-order chi connectivity index (χ1) is 10.1. The fourth-order valence-corrected chi connectivity index (χ4v) is 3.16. The Morgan fingerprint density at radius 3 is 2.76 bits per heavy atom. The van der Waals surface area contributed by atoms with Crippen molar-refractivity contribution < 1.29 is 4.52 Å². The van der Waals surface area contributed by atoms with Crippen LogP contribution < -0.4 is 5.73 Å². The lowest BCUT2D eigenvalue weighted by molar-refractivity contribution is 0.191. The Morgan fingerprint density at radius 1 is 1.33 bits per heavy atom. The first kappa shape index (κ1) is 14.3. The SMILES string of the molecule is Cc1cccc(-c2noc(C3(CN)CCC(C)CC3)n2)c1. The highest BCUT2D eigenvalue weighted by Gasteiger charge is 2.39. The highest BCUT2D eigenvalue weighted by molar-refractivity contribution is 5.55. The fraction of sp³-hybridized carbons (Fsp3) is 0.529. The van der Waals surface area contributed by atoms with Crippen molar-refractivity contribution in [2.75, 3.05) is 6.54 Å². The van der Waals surface area contributed by atoms with Crippen molar-refractivity contribution in [2.45, 2.75) is 44.9 Å². The summed E-state index contributed by atoms with van der Waals surface area (Å²) in [5.74, 6) is 2.15. The lowest BCUT2D eigenvalue weighted by Gasteiger charge is -2.35. The predicted molar refractivity (Wildman–Crippen MR) is 82.8 cm³/mol. The standard InChI is InChI=1S/C17H23N3O/c1-12-6-8-17(11-18,9-7-12)16-19-15(20-21-16)14-5-3-4-13(2)10-14/h3-5,10,12H,6-9,11,18H2,1-2H3. The minimum Gasteiger partial charge on any atom is -0.338 e. The number of nitrogens with two attached hydrogens (primary N) is 1. The highest BCUT2D eigenvalue weighted by atomic mass is 16.5. The van der Waals surface area contributed by atoms with Gasteiger partial charge in [-0.15, -0.1) is 0 Å². The van der Waals surface area contributed by atoms with E-state index in [1.54, 1.807) is 0 Å². The molecular formula is C17H23N3O. The molecule has 2 aromatic rings. The van der Waals surface area contributed by atoms with Crippen molar-refractivity contribution >= 4 is 0 Å². The van der Waals surface area contributed by atoms with Crippen LogP contribution in [-0.2, 0) is 5.41 Å². The van der Waals surface area contributed by atoms with Crippen molar-refractivity contribution in [1.29, 1.82) is 0 Å². The Balaban J connectivity index is 1.90. The third kappa shape index (κ3) is 2.72. The third-order valence-corrected chi connectivity index (χ3v) is 4.78. The van der Waals surface area contributed by atoms with Crippen LogP contribution in [-0.4, -0.2) is 16.7 Å².